The Morgan fingerprint density at radius 1 is 1.15 bits per heavy atom. The number of nitrogens with one attached hydrogen (secondary N) is 2. The van der Waals surface area contributed by atoms with E-state index in [2.05, 4.69) is 47.6 Å². The predicted molar refractivity (Wildman–Crippen MR) is 85.0 cm³/mol. The topological polar surface area (TPSA) is 27.8 Å². The Bertz CT molecular complexity index is 718. The Balaban J connectivity index is 1.74. The van der Waals surface area contributed by atoms with Crippen LogP contribution in [0.15, 0.2) is 54.7 Å². The van der Waals surface area contributed by atoms with Gasteiger partial charge in [-0.15, -0.1) is 0 Å². The molecule has 1 heterocycles. The zero-order valence-electron chi connectivity index (χ0n) is 11.4. The van der Waals surface area contributed by atoms with Crippen LogP contribution in [0, 0.1) is 0 Å². The van der Waals surface area contributed by atoms with Gasteiger partial charge in [0.25, 0.3) is 0 Å². The van der Waals surface area contributed by atoms with E-state index < -0.39 is 0 Å². The molecule has 0 spiro atoms. The molecule has 0 bridgehead atoms. The summed E-state index contributed by atoms with van der Waals surface area (Å²) in [6.45, 7) is 2.98. The molecule has 0 saturated carbocycles. The van der Waals surface area contributed by atoms with Crippen LogP contribution in [0.4, 0.5) is 0 Å². The Morgan fingerprint density at radius 3 is 2.85 bits per heavy atom. The van der Waals surface area contributed by atoms with Gasteiger partial charge >= 0.3 is 0 Å². The van der Waals surface area contributed by atoms with Gasteiger partial charge < -0.3 is 10.3 Å². The molecule has 0 radical (unpaired) electrons. The van der Waals surface area contributed by atoms with Crippen LogP contribution in [0.5, 0.6) is 0 Å². The molecule has 0 unspecified atom stereocenters. The molecule has 2 nitrogen and oxygen atoms in total. The zero-order valence-corrected chi connectivity index (χ0v) is 12.1. The van der Waals surface area contributed by atoms with Crippen molar-refractivity contribution in [3.05, 3.63) is 70.9 Å². The lowest BCUT2D eigenvalue weighted by atomic mass is 10.1. The summed E-state index contributed by atoms with van der Waals surface area (Å²) in [5.74, 6) is 0. The maximum absolute atomic E-state index is 6.04. The number of aromatic amines is 1. The molecule has 0 fully saturated rings. The van der Waals surface area contributed by atoms with E-state index in [0.29, 0.717) is 0 Å². The van der Waals surface area contributed by atoms with Crippen LogP contribution in [-0.2, 0) is 6.54 Å². The lowest BCUT2D eigenvalue weighted by molar-refractivity contribution is 0.576. The molecule has 0 aliphatic carbocycles. The van der Waals surface area contributed by atoms with Gasteiger partial charge in [-0.05, 0) is 41.6 Å². The Labute approximate surface area is 123 Å². The van der Waals surface area contributed by atoms with Crippen LogP contribution in [0.3, 0.4) is 0 Å². The normalized spacial score (nSPS) is 12.7. The van der Waals surface area contributed by atoms with Gasteiger partial charge in [-0.1, -0.05) is 41.9 Å². The third kappa shape index (κ3) is 2.72. The summed E-state index contributed by atoms with van der Waals surface area (Å²) >= 11 is 6.04. The van der Waals surface area contributed by atoms with Crippen molar-refractivity contribution in [3.8, 4) is 0 Å². The average molecular weight is 285 g/mol. The molecule has 0 saturated heterocycles. The second kappa shape index (κ2) is 5.70. The average Bonchev–Trinajstić information content (AvgIpc) is 2.93. The van der Waals surface area contributed by atoms with Crippen molar-refractivity contribution in [2.24, 2.45) is 0 Å². The van der Waals surface area contributed by atoms with Gasteiger partial charge in [0, 0.05) is 29.3 Å². The standard InChI is InChI=1S/C17H17ClN2/c1-12(14-5-3-7-16(18)10-14)20-11-15-6-2-4-13-8-9-19-17(13)15/h2-10,12,19-20H,11H2,1H3/t12-/m1/s1. The molecule has 0 aliphatic heterocycles. The molecule has 20 heavy (non-hydrogen) atoms. The largest absolute Gasteiger partial charge is 0.361 e. The van der Waals surface area contributed by atoms with Crippen LogP contribution in [-0.4, -0.2) is 4.98 Å². The number of H-pyrrole nitrogens is 1. The minimum atomic E-state index is 0.263. The van der Waals surface area contributed by atoms with Gasteiger partial charge in [0.05, 0.1) is 0 Å². The highest BCUT2D eigenvalue weighted by Gasteiger charge is 2.07. The van der Waals surface area contributed by atoms with Crippen molar-refractivity contribution in [1.82, 2.24) is 10.3 Å². The number of fused-ring (bicyclic) bond motifs is 1. The number of halogens is 1. The molecule has 0 amide bonds. The molecule has 1 atom stereocenters. The van der Waals surface area contributed by atoms with Crippen molar-refractivity contribution in [1.29, 1.82) is 0 Å². The third-order valence-electron chi connectivity index (χ3n) is 3.62. The van der Waals surface area contributed by atoms with Gasteiger partial charge in [0.1, 0.15) is 0 Å². The second-order valence-electron chi connectivity index (χ2n) is 5.02. The fraction of sp³-hybridized carbons (Fsp3) is 0.176. The third-order valence-corrected chi connectivity index (χ3v) is 3.86. The first-order chi connectivity index (χ1) is 9.74. The summed E-state index contributed by atoms with van der Waals surface area (Å²) < 4.78 is 0. The van der Waals surface area contributed by atoms with Gasteiger partial charge in [0.2, 0.25) is 0 Å². The molecule has 0 aliphatic rings. The van der Waals surface area contributed by atoms with Crippen molar-refractivity contribution < 1.29 is 0 Å². The highest BCUT2D eigenvalue weighted by atomic mass is 35.5. The summed E-state index contributed by atoms with van der Waals surface area (Å²) in [7, 11) is 0. The highest BCUT2D eigenvalue weighted by Crippen LogP contribution is 2.20. The molecular formula is C17H17ClN2. The second-order valence-corrected chi connectivity index (χ2v) is 5.45. The molecular weight excluding hydrogens is 268 g/mol. The first kappa shape index (κ1) is 13.2. The number of aromatic nitrogens is 1. The number of benzene rings is 2. The van der Waals surface area contributed by atoms with Crippen LogP contribution >= 0.6 is 11.6 Å². The van der Waals surface area contributed by atoms with Gasteiger partial charge in [-0.2, -0.15) is 0 Å². The SMILES string of the molecule is C[C@@H](NCc1cccc2cc[nH]c12)c1cccc(Cl)c1. The number of hydrogen-bond acceptors (Lipinski definition) is 1. The molecule has 1 aromatic heterocycles. The van der Waals surface area contributed by atoms with Crippen molar-refractivity contribution in [2.75, 3.05) is 0 Å². The number of hydrogen-bond donors (Lipinski definition) is 2. The van der Waals surface area contributed by atoms with Crippen LogP contribution in [0.2, 0.25) is 5.02 Å². The number of para-hydroxylation sites is 1. The zero-order chi connectivity index (χ0) is 13.9. The van der Waals surface area contributed by atoms with E-state index >= 15 is 0 Å². The van der Waals surface area contributed by atoms with E-state index in [-0.39, 0.29) is 6.04 Å². The van der Waals surface area contributed by atoms with Crippen molar-refractivity contribution in [2.45, 2.75) is 19.5 Å². The highest BCUT2D eigenvalue weighted by molar-refractivity contribution is 6.30. The summed E-state index contributed by atoms with van der Waals surface area (Å²) in [5, 5.41) is 5.58. The molecule has 102 valence electrons. The fourth-order valence-corrected chi connectivity index (χ4v) is 2.65. The molecule has 2 aromatic carbocycles. The smallest absolute Gasteiger partial charge is 0.0499 e. The van der Waals surface area contributed by atoms with Gasteiger partial charge in [-0.3, -0.25) is 0 Å². The monoisotopic (exact) mass is 284 g/mol. The maximum Gasteiger partial charge on any atom is 0.0499 e. The molecule has 3 rings (SSSR count). The first-order valence-electron chi connectivity index (χ1n) is 6.78. The Kier molecular flexibility index (Phi) is 3.77. The van der Waals surface area contributed by atoms with Crippen LogP contribution < -0.4 is 5.32 Å². The van der Waals surface area contributed by atoms with Crippen LogP contribution in [0.1, 0.15) is 24.1 Å². The number of rotatable bonds is 4. The fourth-order valence-electron chi connectivity index (χ4n) is 2.45. The van der Waals surface area contributed by atoms with E-state index in [1.165, 1.54) is 22.0 Å². The van der Waals surface area contributed by atoms with Gasteiger partial charge in [-0.25, -0.2) is 0 Å². The van der Waals surface area contributed by atoms with E-state index in [1.54, 1.807) is 0 Å². The van der Waals surface area contributed by atoms with Crippen LogP contribution in [0.25, 0.3) is 10.9 Å². The van der Waals surface area contributed by atoms with E-state index in [1.807, 2.05) is 24.4 Å². The quantitative estimate of drug-likeness (QED) is 0.716. The van der Waals surface area contributed by atoms with Crippen molar-refractivity contribution >= 4 is 22.5 Å². The molecule has 3 heteroatoms. The Hall–Kier alpha value is -1.77. The summed E-state index contributed by atoms with van der Waals surface area (Å²) in [6, 6.07) is 16.7. The Morgan fingerprint density at radius 2 is 2.00 bits per heavy atom. The first-order valence-corrected chi connectivity index (χ1v) is 7.15. The van der Waals surface area contributed by atoms with Gasteiger partial charge in [0.15, 0.2) is 0 Å². The minimum Gasteiger partial charge on any atom is -0.361 e. The summed E-state index contributed by atoms with van der Waals surface area (Å²) in [4.78, 5) is 3.30. The van der Waals surface area contributed by atoms with Crippen molar-refractivity contribution in [3.63, 3.8) is 0 Å². The lowest BCUT2D eigenvalue weighted by Gasteiger charge is -2.15. The predicted octanol–water partition coefficient (Wildman–Crippen LogP) is 4.67. The maximum atomic E-state index is 6.04. The summed E-state index contributed by atoms with van der Waals surface area (Å²) in [5.41, 5.74) is 3.69. The molecule has 3 aromatic rings. The minimum absolute atomic E-state index is 0.263. The van der Waals surface area contributed by atoms with E-state index in [4.69, 9.17) is 11.6 Å². The van der Waals surface area contributed by atoms with E-state index in [0.717, 1.165) is 11.6 Å². The molecule has 2 N–H and O–H groups in total. The summed E-state index contributed by atoms with van der Waals surface area (Å²) in [6.07, 6.45) is 1.98. The van der Waals surface area contributed by atoms with E-state index in [9.17, 15) is 0 Å². The lowest BCUT2D eigenvalue weighted by Crippen LogP contribution is -2.18.